The molecule has 1 aromatic carbocycles. The van der Waals surface area contributed by atoms with Crippen LogP contribution in [-0.4, -0.2) is 30.0 Å². The van der Waals surface area contributed by atoms with Gasteiger partial charge in [-0.25, -0.2) is 0 Å². The van der Waals surface area contributed by atoms with Crippen molar-refractivity contribution in [3.63, 3.8) is 0 Å². The van der Waals surface area contributed by atoms with Gasteiger partial charge in [0.05, 0.1) is 6.04 Å². The summed E-state index contributed by atoms with van der Waals surface area (Å²) in [4.78, 5) is 12.0. The molecule has 1 amide bonds. The van der Waals surface area contributed by atoms with Crippen molar-refractivity contribution in [2.45, 2.75) is 51.1 Å². The number of hydrogen-bond acceptors (Lipinski definition) is 3. The molecular formula is C17H29ClN2OS. The lowest BCUT2D eigenvalue weighted by atomic mass is 9.79. The first-order valence-corrected chi connectivity index (χ1v) is 8.86. The summed E-state index contributed by atoms with van der Waals surface area (Å²) in [6, 6.07) is 10.1. The molecule has 1 unspecified atom stereocenters. The summed E-state index contributed by atoms with van der Waals surface area (Å²) in [5.41, 5.74) is 7.22. The number of nitrogens with one attached hydrogen (secondary N) is 1. The maximum Gasteiger partial charge on any atom is 0.237 e. The quantitative estimate of drug-likeness (QED) is 0.760. The van der Waals surface area contributed by atoms with Crippen LogP contribution in [0.4, 0.5) is 0 Å². The van der Waals surface area contributed by atoms with E-state index in [1.807, 2.05) is 19.2 Å². The zero-order chi connectivity index (χ0) is 15.9. The number of amides is 1. The van der Waals surface area contributed by atoms with Gasteiger partial charge in [-0.05, 0) is 42.8 Å². The SMILES string of the molecule is CSCC[C@H](N)C(=O)NC(C)CC(C)(C)c1ccccc1.Cl. The van der Waals surface area contributed by atoms with Crippen LogP contribution in [0, 0.1) is 0 Å². The predicted molar refractivity (Wildman–Crippen MR) is 99.9 cm³/mol. The maximum absolute atomic E-state index is 12.0. The summed E-state index contributed by atoms with van der Waals surface area (Å²) in [5, 5.41) is 3.04. The molecule has 0 heterocycles. The van der Waals surface area contributed by atoms with E-state index >= 15 is 0 Å². The van der Waals surface area contributed by atoms with Crippen molar-refractivity contribution < 1.29 is 4.79 Å². The molecule has 0 aliphatic rings. The molecule has 3 nitrogen and oxygen atoms in total. The second-order valence-electron chi connectivity index (χ2n) is 6.25. The first kappa shape index (κ1) is 21.3. The number of thioether (sulfide) groups is 1. The van der Waals surface area contributed by atoms with Gasteiger partial charge in [0.25, 0.3) is 0 Å². The Morgan fingerprint density at radius 2 is 1.91 bits per heavy atom. The van der Waals surface area contributed by atoms with Gasteiger partial charge in [0.15, 0.2) is 0 Å². The smallest absolute Gasteiger partial charge is 0.237 e. The Bertz CT molecular complexity index is 440. The Morgan fingerprint density at radius 3 is 2.45 bits per heavy atom. The fourth-order valence-electron chi connectivity index (χ4n) is 2.55. The molecule has 0 fully saturated rings. The summed E-state index contributed by atoms with van der Waals surface area (Å²) < 4.78 is 0. The number of halogens is 1. The molecule has 2 atom stereocenters. The molecule has 1 rings (SSSR count). The average molecular weight is 345 g/mol. The Hall–Kier alpha value is -0.710. The highest BCUT2D eigenvalue weighted by Crippen LogP contribution is 2.28. The molecule has 0 saturated heterocycles. The Morgan fingerprint density at radius 1 is 1.32 bits per heavy atom. The summed E-state index contributed by atoms with van der Waals surface area (Å²) in [6.45, 7) is 6.46. The first-order chi connectivity index (χ1) is 9.86. The van der Waals surface area contributed by atoms with Gasteiger partial charge in [-0.3, -0.25) is 4.79 Å². The third kappa shape index (κ3) is 7.03. The summed E-state index contributed by atoms with van der Waals surface area (Å²) in [6.07, 6.45) is 3.63. The fraction of sp³-hybridized carbons (Fsp3) is 0.588. The maximum atomic E-state index is 12.0. The van der Waals surface area contributed by atoms with Crippen molar-refractivity contribution in [3.8, 4) is 0 Å². The van der Waals surface area contributed by atoms with Gasteiger partial charge in [-0.1, -0.05) is 44.2 Å². The fourth-order valence-corrected chi connectivity index (χ4v) is 3.04. The highest BCUT2D eigenvalue weighted by molar-refractivity contribution is 7.98. The minimum atomic E-state index is -0.403. The van der Waals surface area contributed by atoms with Crippen LogP contribution < -0.4 is 11.1 Å². The van der Waals surface area contributed by atoms with Gasteiger partial charge in [-0.15, -0.1) is 12.4 Å². The standard InChI is InChI=1S/C17H28N2OS.ClH/c1-13(19-16(20)15(18)10-11-21-4)12-17(2,3)14-8-6-5-7-9-14;/h5-9,13,15H,10-12,18H2,1-4H3,(H,19,20);1H/t13?,15-;/m0./s1. The molecule has 3 N–H and O–H groups in total. The second-order valence-corrected chi connectivity index (χ2v) is 7.24. The third-order valence-corrected chi connectivity index (χ3v) is 4.37. The van der Waals surface area contributed by atoms with E-state index in [0.29, 0.717) is 0 Å². The average Bonchev–Trinajstić information content (AvgIpc) is 2.44. The lowest BCUT2D eigenvalue weighted by molar-refractivity contribution is -0.123. The molecule has 0 bridgehead atoms. The number of rotatable bonds is 8. The van der Waals surface area contributed by atoms with Crippen LogP contribution >= 0.6 is 24.2 Å². The van der Waals surface area contributed by atoms with E-state index in [-0.39, 0.29) is 29.8 Å². The molecule has 0 aromatic heterocycles. The van der Waals surface area contributed by atoms with Gasteiger partial charge in [0.1, 0.15) is 0 Å². The Labute approximate surface area is 145 Å². The van der Waals surface area contributed by atoms with Crippen LogP contribution in [0.1, 0.15) is 39.2 Å². The first-order valence-electron chi connectivity index (χ1n) is 7.47. The number of hydrogen-bond donors (Lipinski definition) is 2. The molecule has 0 radical (unpaired) electrons. The molecule has 1 aromatic rings. The summed E-state index contributed by atoms with van der Waals surface area (Å²) in [5.74, 6) is 0.874. The third-order valence-electron chi connectivity index (χ3n) is 3.73. The predicted octanol–water partition coefficient (Wildman–Crippen LogP) is 3.36. The molecule has 126 valence electrons. The second kappa shape index (κ2) is 10.1. The van der Waals surface area contributed by atoms with Crippen molar-refractivity contribution in [1.82, 2.24) is 5.32 Å². The highest BCUT2D eigenvalue weighted by Gasteiger charge is 2.25. The van der Waals surface area contributed by atoms with Crippen LogP contribution in [0.5, 0.6) is 0 Å². The minimum absolute atomic E-state index is 0. The van der Waals surface area contributed by atoms with E-state index in [2.05, 4.69) is 43.4 Å². The molecular weight excluding hydrogens is 316 g/mol. The van der Waals surface area contributed by atoms with E-state index < -0.39 is 6.04 Å². The van der Waals surface area contributed by atoms with Crippen molar-refractivity contribution in [1.29, 1.82) is 0 Å². The van der Waals surface area contributed by atoms with Crippen LogP contribution in [0.15, 0.2) is 30.3 Å². The Kier molecular flexibility index (Phi) is 9.81. The van der Waals surface area contributed by atoms with Gasteiger partial charge < -0.3 is 11.1 Å². The van der Waals surface area contributed by atoms with Crippen molar-refractivity contribution >= 4 is 30.1 Å². The van der Waals surface area contributed by atoms with Gasteiger partial charge >= 0.3 is 0 Å². The number of benzene rings is 1. The molecule has 0 saturated carbocycles. The Balaban J connectivity index is 0.00000441. The van der Waals surface area contributed by atoms with Crippen molar-refractivity contribution in [3.05, 3.63) is 35.9 Å². The lowest BCUT2D eigenvalue weighted by Gasteiger charge is -2.29. The number of carbonyl (C=O) groups excluding carboxylic acids is 1. The topological polar surface area (TPSA) is 55.1 Å². The van der Waals surface area contributed by atoms with Crippen LogP contribution in [0.3, 0.4) is 0 Å². The van der Waals surface area contributed by atoms with E-state index in [0.717, 1.165) is 18.6 Å². The lowest BCUT2D eigenvalue weighted by Crippen LogP contribution is -2.46. The van der Waals surface area contributed by atoms with E-state index in [1.54, 1.807) is 11.8 Å². The minimum Gasteiger partial charge on any atom is -0.352 e. The largest absolute Gasteiger partial charge is 0.352 e. The van der Waals surface area contributed by atoms with Crippen LogP contribution in [0.25, 0.3) is 0 Å². The van der Waals surface area contributed by atoms with Crippen LogP contribution in [0.2, 0.25) is 0 Å². The zero-order valence-corrected chi connectivity index (χ0v) is 15.6. The summed E-state index contributed by atoms with van der Waals surface area (Å²) >= 11 is 1.71. The molecule has 5 heteroatoms. The number of carbonyl (C=O) groups is 1. The van der Waals surface area contributed by atoms with Crippen molar-refractivity contribution in [2.75, 3.05) is 12.0 Å². The molecule has 0 aliphatic carbocycles. The van der Waals surface area contributed by atoms with Gasteiger partial charge in [-0.2, -0.15) is 11.8 Å². The molecule has 0 spiro atoms. The highest BCUT2D eigenvalue weighted by atomic mass is 35.5. The normalized spacial score (nSPS) is 13.9. The zero-order valence-electron chi connectivity index (χ0n) is 14.0. The van der Waals surface area contributed by atoms with Crippen molar-refractivity contribution in [2.24, 2.45) is 5.73 Å². The summed E-state index contributed by atoms with van der Waals surface area (Å²) in [7, 11) is 0. The van der Waals surface area contributed by atoms with Crippen LogP contribution in [-0.2, 0) is 10.2 Å². The van der Waals surface area contributed by atoms with E-state index in [4.69, 9.17) is 5.73 Å². The van der Waals surface area contributed by atoms with E-state index in [1.165, 1.54) is 5.56 Å². The van der Waals surface area contributed by atoms with Gasteiger partial charge in [0.2, 0.25) is 5.91 Å². The molecule has 0 aliphatic heterocycles. The van der Waals surface area contributed by atoms with Gasteiger partial charge in [0, 0.05) is 6.04 Å². The van der Waals surface area contributed by atoms with E-state index in [9.17, 15) is 4.79 Å². The number of nitrogens with two attached hydrogens (primary N) is 1. The monoisotopic (exact) mass is 344 g/mol. The molecule has 22 heavy (non-hydrogen) atoms.